The molecule has 2 aliphatic heterocycles. The minimum absolute atomic E-state index is 0.135. The van der Waals surface area contributed by atoms with Gasteiger partial charge in [0, 0.05) is 19.1 Å². The van der Waals surface area contributed by atoms with Gasteiger partial charge in [-0.1, -0.05) is 0 Å². The second kappa shape index (κ2) is 4.50. The molecule has 2 heterocycles. The maximum atomic E-state index is 11.5. The first-order valence-corrected chi connectivity index (χ1v) is 7.93. The summed E-state index contributed by atoms with van der Waals surface area (Å²) < 4.78 is 23.0. The van der Waals surface area contributed by atoms with Gasteiger partial charge in [0.25, 0.3) is 0 Å². The summed E-state index contributed by atoms with van der Waals surface area (Å²) >= 11 is 0. The number of hydrogen-bond acceptors (Lipinski definition) is 5. The fourth-order valence-corrected chi connectivity index (χ4v) is 4.66. The van der Waals surface area contributed by atoms with Gasteiger partial charge in [-0.3, -0.25) is 4.90 Å². The van der Waals surface area contributed by atoms with E-state index < -0.39 is 9.84 Å². The van der Waals surface area contributed by atoms with Crippen LogP contribution in [0.3, 0.4) is 0 Å². The molecule has 0 amide bonds. The second-order valence-electron chi connectivity index (χ2n) is 5.55. The van der Waals surface area contributed by atoms with Gasteiger partial charge in [0.05, 0.1) is 23.7 Å². The number of sulfone groups is 1. The van der Waals surface area contributed by atoms with E-state index in [0.29, 0.717) is 11.5 Å². The number of nitrogens with zero attached hydrogens (tertiary/aromatic N) is 2. The molecule has 2 atom stereocenters. The Morgan fingerprint density at radius 1 is 1.47 bits per heavy atom. The van der Waals surface area contributed by atoms with Crippen LogP contribution in [0.5, 0.6) is 0 Å². The zero-order chi connectivity index (χ0) is 12.7. The lowest BCUT2D eigenvalue weighted by Gasteiger charge is -2.35. The molecule has 17 heavy (non-hydrogen) atoms. The highest BCUT2D eigenvalue weighted by Gasteiger charge is 2.44. The zero-order valence-electron chi connectivity index (χ0n) is 10.6. The summed E-state index contributed by atoms with van der Waals surface area (Å²) in [5.41, 5.74) is -0.188. The number of aliphatic hydroxyl groups excluding tert-OH is 1. The molecular weight excluding hydrogens is 240 g/mol. The van der Waals surface area contributed by atoms with E-state index in [9.17, 15) is 13.5 Å². The fourth-order valence-electron chi connectivity index (χ4n) is 2.90. The van der Waals surface area contributed by atoms with Crippen LogP contribution >= 0.6 is 0 Å². The summed E-state index contributed by atoms with van der Waals surface area (Å²) in [6.07, 6.45) is 1.66. The molecule has 0 radical (unpaired) electrons. The first-order chi connectivity index (χ1) is 7.88. The van der Waals surface area contributed by atoms with Gasteiger partial charge in [-0.25, -0.2) is 8.42 Å². The highest BCUT2D eigenvalue weighted by atomic mass is 32.2. The number of hydrogen-bond donors (Lipinski definition) is 1. The molecule has 0 aromatic heterocycles. The predicted molar refractivity (Wildman–Crippen MR) is 66.8 cm³/mol. The average molecular weight is 262 g/mol. The summed E-state index contributed by atoms with van der Waals surface area (Å²) in [6.45, 7) is 1.80. The molecule has 0 aliphatic carbocycles. The molecule has 2 aliphatic rings. The van der Waals surface area contributed by atoms with Gasteiger partial charge < -0.3 is 10.0 Å². The van der Waals surface area contributed by atoms with Crippen LogP contribution in [0.25, 0.3) is 0 Å². The molecule has 0 aromatic rings. The van der Waals surface area contributed by atoms with Crippen molar-refractivity contribution in [1.29, 1.82) is 0 Å². The Hall–Kier alpha value is -0.170. The van der Waals surface area contributed by atoms with Crippen LogP contribution in [0.2, 0.25) is 0 Å². The third kappa shape index (κ3) is 2.50. The molecule has 2 saturated heterocycles. The molecule has 0 aromatic carbocycles. The third-order valence-corrected chi connectivity index (χ3v) is 6.08. The Labute approximate surface area is 103 Å². The van der Waals surface area contributed by atoms with Crippen molar-refractivity contribution in [2.24, 2.45) is 0 Å². The Balaban J connectivity index is 2.03. The maximum absolute atomic E-state index is 11.5. The van der Waals surface area contributed by atoms with Crippen molar-refractivity contribution in [2.45, 2.75) is 24.4 Å². The van der Waals surface area contributed by atoms with Crippen molar-refractivity contribution in [2.75, 3.05) is 45.3 Å². The number of likely N-dealkylation sites (N-methyl/N-ethyl adjacent to an activating group) is 1. The van der Waals surface area contributed by atoms with Crippen LogP contribution in [0, 0.1) is 0 Å². The molecule has 5 nitrogen and oxygen atoms in total. The van der Waals surface area contributed by atoms with Crippen LogP contribution in [-0.4, -0.2) is 80.2 Å². The highest BCUT2D eigenvalue weighted by molar-refractivity contribution is 7.91. The normalized spacial score (nSPS) is 38.0. The van der Waals surface area contributed by atoms with Gasteiger partial charge in [-0.05, 0) is 26.9 Å². The van der Waals surface area contributed by atoms with Crippen LogP contribution in [-0.2, 0) is 9.84 Å². The second-order valence-corrected chi connectivity index (χ2v) is 7.78. The fraction of sp³-hybridized carbons (Fsp3) is 1.00. The van der Waals surface area contributed by atoms with Gasteiger partial charge in [0.1, 0.15) is 0 Å². The van der Waals surface area contributed by atoms with E-state index in [0.717, 1.165) is 25.9 Å². The van der Waals surface area contributed by atoms with E-state index in [-0.39, 0.29) is 18.2 Å². The third-order valence-electron chi connectivity index (χ3n) is 4.33. The van der Waals surface area contributed by atoms with E-state index in [2.05, 4.69) is 9.80 Å². The molecule has 0 bridgehead atoms. The van der Waals surface area contributed by atoms with Crippen molar-refractivity contribution < 1.29 is 13.5 Å². The SMILES string of the molecule is CN(C)C1(CO)CCN(C2CCS(=O)(=O)C2)C1. The summed E-state index contributed by atoms with van der Waals surface area (Å²) in [5.74, 6) is 0.615. The van der Waals surface area contributed by atoms with Gasteiger partial charge >= 0.3 is 0 Å². The van der Waals surface area contributed by atoms with Crippen molar-refractivity contribution in [3.8, 4) is 0 Å². The highest BCUT2D eigenvalue weighted by Crippen LogP contribution is 2.30. The van der Waals surface area contributed by atoms with E-state index in [1.807, 2.05) is 14.1 Å². The van der Waals surface area contributed by atoms with E-state index in [1.54, 1.807) is 0 Å². The van der Waals surface area contributed by atoms with Crippen molar-refractivity contribution in [1.82, 2.24) is 9.80 Å². The van der Waals surface area contributed by atoms with Gasteiger partial charge in [-0.15, -0.1) is 0 Å². The molecule has 2 fully saturated rings. The molecule has 0 spiro atoms. The topological polar surface area (TPSA) is 60.9 Å². The number of rotatable bonds is 3. The molecule has 6 heteroatoms. The van der Waals surface area contributed by atoms with Crippen LogP contribution in [0.1, 0.15) is 12.8 Å². The Morgan fingerprint density at radius 3 is 2.59 bits per heavy atom. The Bertz CT molecular complexity index is 382. The summed E-state index contributed by atoms with van der Waals surface area (Å²) in [7, 11) is 1.14. The van der Waals surface area contributed by atoms with Crippen LogP contribution in [0.15, 0.2) is 0 Å². The quantitative estimate of drug-likeness (QED) is 0.719. The zero-order valence-corrected chi connectivity index (χ0v) is 11.4. The lowest BCUT2D eigenvalue weighted by atomic mass is 9.98. The molecule has 2 unspecified atom stereocenters. The smallest absolute Gasteiger partial charge is 0.151 e. The summed E-state index contributed by atoms with van der Waals surface area (Å²) in [6, 6.07) is 0.161. The Morgan fingerprint density at radius 2 is 2.18 bits per heavy atom. The average Bonchev–Trinajstić information content (AvgIpc) is 2.82. The van der Waals surface area contributed by atoms with Crippen LogP contribution < -0.4 is 0 Å². The lowest BCUT2D eigenvalue weighted by molar-refractivity contribution is 0.0703. The first kappa shape index (κ1) is 13.3. The van der Waals surface area contributed by atoms with Crippen molar-refractivity contribution >= 4 is 9.84 Å². The Kier molecular flexibility index (Phi) is 3.51. The van der Waals surface area contributed by atoms with Crippen molar-refractivity contribution in [3.05, 3.63) is 0 Å². The van der Waals surface area contributed by atoms with E-state index in [4.69, 9.17) is 0 Å². The maximum Gasteiger partial charge on any atom is 0.151 e. The molecule has 2 rings (SSSR count). The minimum atomic E-state index is -2.81. The molecular formula is C11H22N2O3S. The first-order valence-electron chi connectivity index (χ1n) is 6.11. The van der Waals surface area contributed by atoms with Gasteiger partial charge in [0.15, 0.2) is 9.84 Å². The summed E-state index contributed by atoms with van der Waals surface area (Å²) in [4.78, 5) is 4.30. The van der Waals surface area contributed by atoms with Crippen molar-refractivity contribution in [3.63, 3.8) is 0 Å². The molecule has 0 saturated carbocycles. The van der Waals surface area contributed by atoms with Gasteiger partial charge in [-0.2, -0.15) is 0 Å². The lowest BCUT2D eigenvalue weighted by Crippen LogP contribution is -2.50. The number of aliphatic hydroxyl groups is 1. The molecule has 100 valence electrons. The largest absolute Gasteiger partial charge is 0.394 e. The standard InChI is InChI=1S/C11H22N2O3S/c1-12(2)11(9-14)4-5-13(8-11)10-3-6-17(15,16)7-10/h10,14H,3-9H2,1-2H3. The summed E-state index contributed by atoms with van der Waals surface area (Å²) in [5, 5.41) is 9.56. The van der Waals surface area contributed by atoms with Gasteiger partial charge in [0.2, 0.25) is 0 Å². The van der Waals surface area contributed by atoms with E-state index >= 15 is 0 Å². The van der Waals surface area contributed by atoms with Crippen LogP contribution in [0.4, 0.5) is 0 Å². The minimum Gasteiger partial charge on any atom is -0.394 e. The number of likely N-dealkylation sites (tertiary alicyclic amines) is 1. The monoisotopic (exact) mass is 262 g/mol. The molecule has 1 N–H and O–H groups in total. The predicted octanol–water partition coefficient (Wildman–Crippen LogP) is -0.828. The van der Waals surface area contributed by atoms with E-state index in [1.165, 1.54) is 0 Å².